The van der Waals surface area contributed by atoms with Gasteiger partial charge in [-0.25, -0.2) is 0 Å². The van der Waals surface area contributed by atoms with Crippen molar-refractivity contribution in [2.45, 2.75) is 59.7 Å². The van der Waals surface area contributed by atoms with Gasteiger partial charge in [0.2, 0.25) is 0 Å². The van der Waals surface area contributed by atoms with Crippen LogP contribution in [0.2, 0.25) is 0 Å². The summed E-state index contributed by atoms with van der Waals surface area (Å²) in [4.78, 5) is 20.2. The van der Waals surface area contributed by atoms with Crippen LogP contribution in [-0.4, -0.2) is 43.6 Å². The third kappa shape index (κ3) is 5.72. The first-order valence-corrected chi connectivity index (χ1v) is 13.2. The first-order valence-electron chi connectivity index (χ1n) is 13.2. The molecule has 0 saturated heterocycles. The number of nitrogens with zero attached hydrogens (tertiary/aromatic N) is 5. The molecule has 3 heterocycles. The SMILES string of the molecule is Cc1cc(C)cc(C(=O)N[C@@H](CC(C)C)c2nnc3n2CCN(Cc2cccc4ncccc24)CC3)c1. The van der Waals surface area contributed by atoms with Gasteiger partial charge < -0.3 is 9.88 Å². The Morgan fingerprint density at radius 1 is 1.00 bits per heavy atom. The zero-order valence-corrected chi connectivity index (χ0v) is 22.2. The first-order chi connectivity index (χ1) is 17.9. The lowest BCUT2D eigenvalue weighted by atomic mass is 10.0. The fourth-order valence-corrected chi connectivity index (χ4v) is 5.40. The average molecular weight is 497 g/mol. The van der Waals surface area contributed by atoms with Crippen molar-refractivity contribution in [2.24, 2.45) is 5.92 Å². The third-order valence-electron chi connectivity index (χ3n) is 7.09. The van der Waals surface area contributed by atoms with Crippen LogP contribution in [0.25, 0.3) is 10.9 Å². The maximum Gasteiger partial charge on any atom is 0.251 e. The predicted octanol–water partition coefficient (Wildman–Crippen LogP) is 5.02. The van der Waals surface area contributed by atoms with Gasteiger partial charge in [0.1, 0.15) is 5.82 Å². The van der Waals surface area contributed by atoms with Crippen molar-refractivity contribution in [1.29, 1.82) is 0 Å². The molecule has 0 radical (unpaired) electrons. The topological polar surface area (TPSA) is 75.9 Å². The summed E-state index contributed by atoms with van der Waals surface area (Å²) in [6, 6.07) is 16.3. The van der Waals surface area contributed by atoms with Crippen LogP contribution in [0.1, 0.15) is 65.0 Å². The second-order valence-electron chi connectivity index (χ2n) is 10.7. The minimum Gasteiger partial charge on any atom is -0.342 e. The van der Waals surface area contributed by atoms with Crippen LogP contribution in [0.4, 0.5) is 0 Å². The molecule has 0 aliphatic carbocycles. The molecular formula is C30H36N6O. The molecular weight excluding hydrogens is 460 g/mol. The number of amides is 1. The Labute approximate surface area is 218 Å². The third-order valence-corrected chi connectivity index (χ3v) is 7.09. The molecule has 37 heavy (non-hydrogen) atoms. The summed E-state index contributed by atoms with van der Waals surface area (Å²) >= 11 is 0. The highest BCUT2D eigenvalue weighted by molar-refractivity contribution is 5.94. The number of fused-ring (bicyclic) bond motifs is 2. The summed E-state index contributed by atoms with van der Waals surface area (Å²) < 4.78 is 2.24. The molecule has 0 spiro atoms. The van der Waals surface area contributed by atoms with Crippen LogP contribution in [0.5, 0.6) is 0 Å². The Hall–Kier alpha value is -3.58. The number of carbonyl (C=O) groups is 1. The van der Waals surface area contributed by atoms with Gasteiger partial charge in [-0.05, 0) is 56.0 Å². The summed E-state index contributed by atoms with van der Waals surface area (Å²) in [6.07, 6.45) is 3.48. The molecule has 1 aliphatic heterocycles. The highest BCUT2D eigenvalue weighted by atomic mass is 16.1. The molecule has 1 atom stereocenters. The Morgan fingerprint density at radius 2 is 1.81 bits per heavy atom. The second-order valence-corrected chi connectivity index (χ2v) is 10.7. The smallest absolute Gasteiger partial charge is 0.251 e. The maximum atomic E-state index is 13.3. The Bertz CT molecular complexity index is 1380. The molecule has 1 aliphatic rings. The van der Waals surface area contributed by atoms with Crippen LogP contribution in [-0.2, 0) is 19.5 Å². The Balaban J connectivity index is 1.34. The van der Waals surface area contributed by atoms with E-state index in [9.17, 15) is 4.79 Å². The van der Waals surface area contributed by atoms with Crippen molar-refractivity contribution >= 4 is 16.8 Å². The van der Waals surface area contributed by atoms with Crippen LogP contribution in [0, 0.1) is 19.8 Å². The molecule has 2 aromatic heterocycles. The van der Waals surface area contributed by atoms with Crippen LogP contribution in [0.15, 0.2) is 54.7 Å². The van der Waals surface area contributed by atoms with E-state index in [1.807, 2.05) is 38.2 Å². The van der Waals surface area contributed by atoms with Crippen LogP contribution >= 0.6 is 0 Å². The Morgan fingerprint density at radius 3 is 2.59 bits per heavy atom. The van der Waals surface area contributed by atoms with Gasteiger partial charge in [-0.1, -0.05) is 49.2 Å². The number of hydrogen-bond donors (Lipinski definition) is 1. The van der Waals surface area contributed by atoms with E-state index >= 15 is 0 Å². The number of benzene rings is 2. The zero-order valence-electron chi connectivity index (χ0n) is 22.2. The summed E-state index contributed by atoms with van der Waals surface area (Å²) in [7, 11) is 0. The monoisotopic (exact) mass is 496 g/mol. The lowest BCUT2D eigenvalue weighted by Crippen LogP contribution is -2.32. The summed E-state index contributed by atoms with van der Waals surface area (Å²) in [6.45, 7) is 11.9. The van der Waals surface area contributed by atoms with E-state index in [4.69, 9.17) is 0 Å². The molecule has 0 bridgehead atoms. The predicted molar refractivity (Wildman–Crippen MR) is 146 cm³/mol. The fraction of sp³-hybridized carbons (Fsp3) is 0.400. The molecule has 0 unspecified atom stereocenters. The van der Waals surface area contributed by atoms with Crippen molar-refractivity contribution in [3.05, 3.63) is 88.6 Å². The summed E-state index contributed by atoms with van der Waals surface area (Å²) in [5.74, 6) is 2.19. The number of aromatic nitrogens is 4. The van der Waals surface area contributed by atoms with Gasteiger partial charge in [0, 0.05) is 49.7 Å². The summed E-state index contributed by atoms with van der Waals surface area (Å²) in [5, 5.41) is 13.7. The molecule has 0 fully saturated rings. The molecule has 2 aromatic carbocycles. The Kier molecular flexibility index (Phi) is 7.33. The molecule has 192 valence electrons. The van der Waals surface area contributed by atoms with Gasteiger partial charge >= 0.3 is 0 Å². The largest absolute Gasteiger partial charge is 0.342 e. The molecule has 1 amide bonds. The highest BCUT2D eigenvalue weighted by Gasteiger charge is 2.26. The van der Waals surface area contributed by atoms with Gasteiger partial charge in [-0.15, -0.1) is 10.2 Å². The van der Waals surface area contributed by atoms with Gasteiger partial charge in [0.15, 0.2) is 5.82 Å². The normalized spacial score (nSPS) is 14.9. The fourth-order valence-electron chi connectivity index (χ4n) is 5.40. The average Bonchev–Trinajstić information content (AvgIpc) is 3.17. The van der Waals surface area contributed by atoms with Gasteiger partial charge in [-0.2, -0.15) is 0 Å². The highest BCUT2D eigenvalue weighted by Crippen LogP contribution is 2.24. The number of hydrogen-bond acceptors (Lipinski definition) is 5. The number of nitrogens with one attached hydrogen (secondary N) is 1. The summed E-state index contributed by atoms with van der Waals surface area (Å²) in [5.41, 5.74) is 5.19. The van der Waals surface area contributed by atoms with Crippen LogP contribution < -0.4 is 5.32 Å². The van der Waals surface area contributed by atoms with E-state index in [1.54, 1.807) is 0 Å². The number of pyridine rings is 1. The van der Waals surface area contributed by atoms with Gasteiger partial charge in [0.25, 0.3) is 5.91 Å². The van der Waals surface area contributed by atoms with E-state index in [2.05, 4.69) is 74.1 Å². The van der Waals surface area contributed by atoms with Gasteiger partial charge in [0.05, 0.1) is 11.6 Å². The number of aryl methyl sites for hydroxylation is 2. The lowest BCUT2D eigenvalue weighted by Gasteiger charge is -2.23. The van der Waals surface area contributed by atoms with E-state index in [-0.39, 0.29) is 11.9 Å². The first kappa shape index (κ1) is 25.1. The second kappa shape index (κ2) is 10.8. The van der Waals surface area contributed by atoms with E-state index in [0.29, 0.717) is 11.5 Å². The van der Waals surface area contributed by atoms with E-state index in [1.165, 1.54) is 10.9 Å². The van der Waals surface area contributed by atoms with Gasteiger partial charge in [-0.3, -0.25) is 14.7 Å². The molecule has 7 heteroatoms. The van der Waals surface area contributed by atoms with Crippen molar-refractivity contribution in [2.75, 3.05) is 13.1 Å². The quantitative estimate of drug-likeness (QED) is 0.389. The molecule has 0 saturated carbocycles. The van der Waals surface area contributed by atoms with Crippen LogP contribution in [0.3, 0.4) is 0 Å². The standard InChI is InChI=1S/C30H36N6O/c1-20(2)15-27(32-30(37)24-17-21(3)16-22(4)18-24)29-34-33-28-10-12-35(13-14-36(28)29)19-23-7-5-9-26-25(23)8-6-11-31-26/h5-9,11,16-18,20,27H,10,12-15,19H2,1-4H3,(H,32,37)/t27-/m0/s1. The molecule has 5 rings (SSSR count). The maximum absolute atomic E-state index is 13.3. The van der Waals surface area contributed by atoms with Crippen molar-refractivity contribution in [1.82, 2.24) is 30.0 Å². The molecule has 1 N–H and O–H groups in total. The number of rotatable bonds is 7. The van der Waals surface area contributed by atoms with E-state index < -0.39 is 0 Å². The molecule has 7 nitrogen and oxygen atoms in total. The number of carbonyl (C=O) groups excluding carboxylic acids is 1. The van der Waals surface area contributed by atoms with Crippen molar-refractivity contribution < 1.29 is 4.79 Å². The zero-order chi connectivity index (χ0) is 25.9. The van der Waals surface area contributed by atoms with E-state index in [0.717, 1.165) is 67.3 Å². The lowest BCUT2D eigenvalue weighted by molar-refractivity contribution is 0.0928. The molecule has 4 aromatic rings. The minimum atomic E-state index is -0.190. The van der Waals surface area contributed by atoms with Crippen molar-refractivity contribution in [3.63, 3.8) is 0 Å². The minimum absolute atomic E-state index is 0.0605. The van der Waals surface area contributed by atoms with Crippen molar-refractivity contribution in [3.8, 4) is 0 Å².